The summed E-state index contributed by atoms with van der Waals surface area (Å²) in [5.41, 5.74) is 0.785. The van der Waals surface area contributed by atoms with Crippen molar-refractivity contribution >= 4 is 11.7 Å². The van der Waals surface area contributed by atoms with Crippen LogP contribution in [0.2, 0.25) is 0 Å². The third kappa shape index (κ3) is 2.50. The molecule has 2 aliphatic rings. The van der Waals surface area contributed by atoms with Crippen LogP contribution in [-0.2, 0) is 9.47 Å². The second kappa shape index (κ2) is 6.00. The van der Waals surface area contributed by atoms with Crippen molar-refractivity contribution in [2.75, 3.05) is 32.2 Å². The van der Waals surface area contributed by atoms with Crippen molar-refractivity contribution < 1.29 is 14.6 Å². The third-order valence-corrected chi connectivity index (χ3v) is 3.79. The minimum absolute atomic E-state index is 0.0469. The number of nitrogens with one attached hydrogen (secondary N) is 2. The van der Waals surface area contributed by atoms with E-state index in [9.17, 15) is 5.11 Å². The maximum Gasteiger partial charge on any atom is 0.152 e. The molecule has 0 radical (unpaired) electrons. The second-order valence-corrected chi connectivity index (χ2v) is 4.98. The lowest BCUT2D eigenvalue weighted by Crippen LogP contribution is -2.28. The highest BCUT2D eigenvalue weighted by atomic mass is 16.6. The van der Waals surface area contributed by atoms with Gasteiger partial charge in [0.25, 0.3) is 0 Å². The van der Waals surface area contributed by atoms with E-state index in [1.165, 1.54) is 0 Å². The van der Waals surface area contributed by atoms with E-state index >= 15 is 0 Å². The monoisotopic (exact) mass is 295 g/mol. The van der Waals surface area contributed by atoms with Gasteiger partial charge < -0.3 is 25.2 Å². The Hall–Kier alpha value is -1.64. The summed E-state index contributed by atoms with van der Waals surface area (Å²) >= 11 is 0. The van der Waals surface area contributed by atoms with E-state index in [1.54, 1.807) is 6.33 Å². The second-order valence-electron chi connectivity index (χ2n) is 4.98. The number of aromatic nitrogens is 2. The van der Waals surface area contributed by atoms with E-state index in [1.807, 2.05) is 18.5 Å². The fraction of sp³-hybridized carbons (Fsp3) is 0.692. The summed E-state index contributed by atoms with van der Waals surface area (Å²) in [4.78, 5) is 8.72. The molecule has 8 nitrogen and oxygen atoms in total. The minimum Gasteiger partial charge on any atom is -0.394 e. The number of anilines is 1. The van der Waals surface area contributed by atoms with Gasteiger partial charge in [-0.25, -0.2) is 9.98 Å². The third-order valence-electron chi connectivity index (χ3n) is 3.79. The Balaban J connectivity index is 1.83. The molecule has 3 rings (SSSR count). The summed E-state index contributed by atoms with van der Waals surface area (Å²) in [7, 11) is 1.83. The smallest absolute Gasteiger partial charge is 0.152 e. The fourth-order valence-corrected chi connectivity index (χ4v) is 2.82. The van der Waals surface area contributed by atoms with Crippen LogP contribution >= 0.6 is 0 Å². The number of aliphatic imine (C=N–C) groups is 1. The summed E-state index contributed by atoms with van der Waals surface area (Å²) in [6.07, 6.45) is 1.84. The van der Waals surface area contributed by atoms with Gasteiger partial charge in [0.05, 0.1) is 19.0 Å². The maximum atomic E-state index is 9.42. The molecule has 0 bridgehead atoms. The number of nitrogens with zero attached hydrogens (tertiary/aromatic N) is 3. The van der Waals surface area contributed by atoms with Crippen LogP contribution in [0.15, 0.2) is 11.3 Å². The molecule has 3 N–H and O–H groups in total. The zero-order valence-corrected chi connectivity index (χ0v) is 12.2. The summed E-state index contributed by atoms with van der Waals surface area (Å²) < 4.78 is 13.5. The van der Waals surface area contributed by atoms with E-state index in [0.29, 0.717) is 19.7 Å². The lowest BCUT2D eigenvalue weighted by Gasteiger charge is -2.20. The first kappa shape index (κ1) is 14.3. The van der Waals surface area contributed by atoms with Crippen LogP contribution in [0.4, 0.5) is 5.82 Å². The van der Waals surface area contributed by atoms with Crippen molar-refractivity contribution in [1.29, 1.82) is 0 Å². The summed E-state index contributed by atoms with van der Waals surface area (Å²) in [5, 5.41) is 15.7. The highest BCUT2D eigenvalue weighted by Crippen LogP contribution is 2.34. The van der Waals surface area contributed by atoms with Gasteiger partial charge in [-0.2, -0.15) is 0 Å². The van der Waals surface area contributed by atoms with E-state index in [0.717, 1.165) is 17.3 Å². The number of hydrogen-bond acceptors (Lipinski definition) is 7. The Bertz CT molecular complexity index is 530. The number of amidine groups is 1. The molecule has 1 aromatic rings. The molecule has 8 heteroatoms. The highest BCUT2D eigenvalue weighted by molar-refractivity contribution is 6.02. The van der Waals surface area contributed by atoms with Crippen LogP contribution in [0, 0.1) is 0 Å². The van der Waals surface area contributed by atoms with Crippen LogP contribution in [0.1, 0.15) is 25.3 Å². The molecular weight excluding hydrogens is 274 g/mol. The SMILES string of the molecule is CCOC1C[C@H](n2cnc3c2NCN=C3NC)O[C@@H]1CO. The van der Waals surface area contributed by atoms with Crippen molar-refractivity contribution in [1.82, 2.24) is 14.9 Å². The maximum absolute atomic E-state index is 9.42. The molecule has 0 aromatic carbocycles. The van der Waals surface area contributed by atoms with Crippen molar-refractivity contribution in [2.45, 2.75) is 31.8 Å². The first-order valence-electron chi connectivity index (χ1n) is 7.19. The van der Waals surface area contributed by atoms with Gasteiger partial charge in [0.15, 0.2) is 5.84 Å². The fourth-order valence-electron chi connectivity index (χ4n) is 2.82. The van der Waals surface area contributed by atoms with Gasteiger partial charge in [0.1, 0.15) is 30.5 Å². The number of fused-ring (bicyclic) bond motifs is 1. The molecule has 0 spiro atoms. The number of aliphatic hydroxyl groups is 1. The van der Waals surface area contributed by atoms with Crippen molar-refractivity contribution in [3.8, 4) is 0 Å². The number of imidazole rings is 1. The van der Waals surface area contributed by atoms with Crippen LogP contribution in [0.5, 0.6) is 0 Å². The quantitative estimate of drug-likeness (QED) is 0.719. The van der Waals surface area contributed by atoms with Crippen molar-refractivity contribution in [3.63, 3.8) is 0 Å². The minimum atomic E-state index is -0.297. The molecule has 3 atom stereocenters. The van der Waals surface area contributed by atoms with Gasteiger partial charge in [-0.1, -0.05) is 0 Å². The van der Waals surface area contributed by atoms with Crippen LogP contribution < -0.4 is 10.6 Å². The molecule has 0 amide bonds. The van der Waals surface area contributed by atoms with E-state index in [-0.39, 0.29) is 25.0 Å². The summed E-state index contributed by atoms with van der Waals surface area (Å²) in [6.45, 7) is 3.00. The number of hydrogen-bond donors (Lipinski definition) is 3. The topological polar surface area (TPSA) is 92.9 Å². The Morgan fingerprint density at radius 2 is 2.48 bits per heavy atom. The zero-order chi connectivity index (χ0) is 14.8. The van der Waals surface area contributed by atoms with Crippen LogP contribution in [-0.4, -0.2) is 59.6 Å². The number of ether oxygens (including phenoxy) is 2. The molecule has 0 saturated carbocycles. The first-order chi connectivity index (χ1) is 10.3. The lowest BCUT2D eigenvalue weighted by atomic mass is 10.2. The van der Waals surface area contributed by atoms with Crippen molar-refractivity contribution in [3.05, 3.63) is 12.0 Å². The predicted molar refractivity (Wildman–Crippen MR) is 77.3 cm³/mol. The summed E-state index contributed by atoms with van der Waals surface area (Å²) in [6, 6.07) is 0. The summed E-state index contributed by atoms with van der Waals surface area (Å²) in [5.74, 6) is 1.65. The van der Waals surface area contributed by atoms with Crippen LogP contribution in [0.3, 0.4) is 0 Å². The van der Waals surface area contributed by atoms with Gasteiger partial charge in [-0.05, 0) is 6.92 Å². The molecule has 3 heterocycles. The normalized spacial score (nSPS) is 28.0. The Labute approximate surface area is 123 Å². The predicted octanol–water partition coefficient (Wildman–Crippen LogP) is -0.0830. The van der Waals surface area contributed by atoms with Crippen LogP contribution in [0.25, 0.3) is 0 Å². The average Bonchev–Trinajstić information content (AvgIpc) is 3.10. The standard InChI is InChI=1S/C13H21N5O3/c1-3-20-8-4-10(21-9(8)5-19)18-7-17-11-12(14-2)15-6-16-13(11)18/h7-10,16,19H,3-6H2,1-2H3,(H,14,15)/t8?,9-,10-/m1/s1. The molecule has 1 unspecified atom stereocenters. The molecular formula is C13H21N5O3. The first-order valence-corrected chi connectivity index (χ1v) is 7.19. The molecule has 116 valence electrons. The van der Waals surface area contributed by atoms with Crippen molar-refractivity contribution in [2.24, 2.45) is 4.99 Å². The Morgan fingerprint density at radius 3 is 3.19 bits per heavy atom. The van der Waals surface area contributed by atoms with Gasteiger partial charge in [-0.15, -0.1) is 0 Å². The van der Waals surface area contributed by atoms with Gasteiger partial charge >= 0.3 is 0 Å². The molecule has 21 heavy (non-hydrogen) atoms. The molecule has 1 aromatic heterocycles. The van der Waals surface area contributed by atoms with E-state index in [4.69, 9.17) is 9.47 Å². The largest absolute Gasteiger partial charge is 0.394 e. The molecule has 0 aliphatic carbocycles. The van der Waals surface area contributed by atoms with Gasteiger partial charge in [0, 0.05) is 20.1 Å². The van der Waals surface area contributed by atoms with Gasteiger partial charge in [0.2, 0.25) is 0 Å². The molecule has 1 saturated heterocycles. The number of aliphatic hydroxyl groups excluding tert-OH is 1. The number of rotatable bonds is 4. The lowest BCUT2D eigenvalue weighted by molar-refractivity contribution is -0.0588. The highest BCUT2D eigenvalue weighted by Gasteiger charge is 2.38. The van der Waals surface area contributed by atoms with Gasteiger partial charge in [-0.3, -0.25) is 4.57 Å². The van der Waals surface area contributed by atoms with E-state index < -0.39 is 0 Å². The van der Waals surface area contributed by atoms with E-state index in [2.05, 4.69) is 20.6 Å². The Morgan fingerprint density at radius 1 is 1.62 bits per heavy atom. The molecule has 1 fully saturated rings. The Kier molecular flexibility index (Phi) is 4.09. The molecule has 2 aliphatic heterocycles. The average molecular weight is 295 g/mol. The zero-order valence-electron chi connectivity index (χ0n) is 12.2.